The fourth-order valence-electron chi connectivity index (χ4n) is 7.29. The largest absolute Gasteiger partial charge is 0.505 e. The molecule has 0 amide bonds. The number of nitrogens with zero attached hydrogens (tertiary/aromatic N) is 1. The molecule has 0 radical (unpaired) electrons. The number of fused-ring (bicyclic) bond motifs is 2. The molecule has 0 bridgehead atoms. The molecule has 0 aliphatic heterocycles. The molecule has 0 spiro atoms. The van der Waals surface area contributed by atoms with E-state index in [-0.39, 0.29) is 5.75 Å². The first kappa shape index (κ1) is 31.1. The Morgan fingerprint density at radius 1 is 0.308 bits per heavy atom. The third-order valence-electron chi connectivity index (χ3n) is 9.96. The molecule has 0 unspecified atom stereocenters. The average Bonchev–Trinajstić information content (AvgIpc) is 3.22. The Kier molecular flexibility index (Phi) is 8.03. The van der Waals surface area contributed by atoms with Gasteiger partial charge in [0.1, 0.15) is 5.75 Å². The van der Waals surface area contributed by atoms with Gasteiger partial charge in [-0.25, -0.2) is 0 Å². The van der Waals surface area contributed by atoms with Crippen molar-refractivity contribution < 1.29 is 5.11 Å². The lowest BCUT2D eigenvalue weighted by Gasteiger charge is -2.28. The van der Waals surface area contributed by atoms with E-state index < -0.39 is 0 Å². The van der Waals surface area contributed by atoms with Gasteiger partial charge in [0.05, 0.1) is 5.69 Å². The number of phenolic OH excluding ortho intramolecular Hbond substituents is 1. The van der Waals surface area contributed by atoms with E-state index in [0.717, 1.165) is 66.5 Å². The van der Waals surface area contributed by atoms with Crippen molar-refractivity contribution in [1.29, 1.82) is 0 Å². The van der Waals surface area contributed by atoms with Crippen molar-refractivity contribution in [3.63, 3.8) is 0 Å². The molecular formula is C50H35NO. The summed E-state index contributed by atoms with van der Waals surface area (Å²) in [5, 5.41) is 17.3. The van der Waals surface area contributed by atoms with Gasteiger partial charge in [0.2, 0.25) is 0 Å². The second-order valence-electron chi connectivity index (χ2n) is 13.1. The Morgan fingerprint density at radius 2 is 0.750 bits per heavy atom. The van der Waals surface area contributed by atoms with Crippen LogP contribution in [0, 0.1) is 0 Å². The molecule has 52 heavy (non-hydrogen) atoms. The lowest BCUT2D eigenvalue weighted by Crippen LogP contribution is -2.11. The number of hydrogen-bond acceptors (Lipinski definition) is 2. The Hall–Kier alpha value is -6.90. The molecule has 0 aromatic heterocycles. The minimum atomic E-state index is 0.222. The van der Waals surface area contributed by atoms with Crippen LogP contribution < -0.4 is 4.90 Å². The van der Waals surface area contributed by atoms with Gasteiger partial charge in [-0.15, -0.1) is 0 Å². The summed E-state index contributed by atoms with van der Waals surface area (Å²) in [7, 11) is 0. The highest BCUT2D eigenvalue weighted by Crippen LogP contribution is 2.49. The first-order valence-electron chi connectivity index (χ1n) is 17.6. The van der Waals surface area contributed by atoms with Crippen molar-refractivity contribution in [1.82, 2.24) is 0 Å². The monoisotopic (exact) mass is 665 g/mol. The minimum Gasteiger partial charge on any atom is -0.505 e. The topological polar surface area (TPSA) is 23.5 Å². The minimum absolute atomic E-state index is 0.222. The van der Waals surface area contributed by atoms with Crippen LogP contribution in [0.5, 0.6) is 5.75 Å². The molecule has 0 saturated heterocycles. The molecule has 0 atom stereocenters. The summed E-state index contributed by atoms with van der Waals surface area (Å²) in [6, 6.07) is 72.0. The lowest BCUT2D eigenvalue weighted by molar-refractivity contribution is 0.479. The zero-order chi connectivity index (χ0) is 34.9. The van der Waals surface area contributed by atoms with Crippen LogP contribution >= 0.6 is 0 Å². The Morgan fingerprint density at radius 3 is 1.37 bits per heavy atom. The summed E-state index contributed by atoms with van der Waals surface area (Å²) < 4.78 is 0. The van der Waals surface area contributed by atoms with E-state index in [1.54, 1.807) is 0 Å². The van der Waals surface area contributed by atoms with E-state index >= 15 is 0 Å². The lowest BCUT2D eigenvalue weighted by atomic mass is 9.90. The third-order valence-corrected chi connectivity index (χ3v) is 9.96. The first-order valence-corrected chi connectivity index (χ1v) is 17.6. The van der Waals surface area contributed by atoms with E-state index in [0.29, 0.717) is 5.69 Å². The van der Waals surface area contributed by atoms with Crippen LogP contribution in [0.25, 0.3) is 66.1 Å². The van der Waals surface area contributed by atoms with E-state index in [2.05, 4.69) is 199 Å². The predicted octanol–water partition coefficient (Wildman–Crippen LogP) is 13.8. The molecule has 246 valence electrons. The van der Waals surface area contributed by atoms with E-state index in [1.807, 2.05) is 12.1 Å². The first-order chi connectivity index (χ1) is 25.7. The van der Waals surface area contributed by atoms with Gasteiger partial charge in [0.15, 0.2) is 0 Å². The number of aromatic hydroxyl groups is 1. The van der Waals surface area contributed by atoms with Gasteiger partial charge in [0.25, 0.3) is 0 Å². The molecule has 0 saturated carbocycles. The molecule has 9 aromatic rings. The molecule has 9 rings (SSSR count). The van der Waals surface area contributed by atoms with Crippen molar-refractivity contribution in [3.8, 4) is 50.3 Å². The van der Waals surface area contributed by atoms with E-state index in [4.69, 9.17) is 0 Å². The summed E-state index contributed by atoms with van der Waals surface area (Å²) in [6.07, 6.45) is 0. The second-order valence-corrected chi connectivity index (χ2v) is 13.1. The summed E-state index contributed by atoms with van der Waals surface area (Å²) in [4.78, 5) is 2.17. The van der Waals surface area contributed by atoms with Crippen LogP contribution in [0.2, 0.25) is 0 Å². The standard InChI is InChI=1S/C50H35NO/c52-50-48(51(46-30-27-38-16-8-10-18-43(38)34-46)45-28-25-40(26-29-45)36-13-5-2-6-14-36)32-31-47(41-22-19-39(20-23-41)35-11-3-1-4-12-35)49(50)44-24-21-37-15-7-9-17-42(37)33-44/h1-34,52H. The van der Waals surface area contributed by atoms with Gasteiger partial charge >= 0.3 is 0 Å². The molecule has 0 fully saturated rings. The fraction of sp³-hybridized carbons (Fsp3) is 0. The number of benzene rings is 9. The van der Waals surface area contributed by atoms with Crippen molar-refractivity contribution in [3.05, 3.63) is 206 Å². The Labute approximate surface area is 304 Å². The molecule has 1 N–H and O–H groups in total. The Bertz CT molecular complexity index is 2660. The fourth-order valence-corrected chi connectivity index (χ4v) is 7.29. The third kappa shape index (κ3) is 5.87. The maximum absolute atomic E-state index is 12.7. The van der Waals surface area contributed by atoms with Crippen LogP contribution in [-0.2, 0) is 0 Å². The van der Waals surface area contributed by atoms with E-state index in [1.165, 1.54) is 10.9 Å². The van der Waals surface area contributed by atoms with Crippen LogP contribution in [0.4, 0.5) is 17.1 Å². The number of anilines is 3. The molecule has 2 nitrogen and oxygen atoms in total. The van der Waals surface area contributed by atoms with Crippen molar-refractivity contribution >= 4 is 38.6 Å². The summed E-state index contributed by atoms with van der Waals surface area (Å²) in [6.45, 7) is 0. The average molecular weight is 666 g/mol. The molecule has 9 aromatic carbocycles. The maximum Gasteiger partial charge on any atom is 0.148 e. The highest BCUT2D eigenvalue weighted by molar-refractivity contribution is 5.99. The maximum atomic E-state index is 12.7. The summed E-state index contributed by atoms with van der Waals surface area (Å²) in [5.74, 6) is 0.222. The highest BCUT2D eigenvalue weighted by Gasteiger charge is 2.23. The van der Waals surface area contributed by atoms with Gasteiger partial charge in [-0.2, -0.15) is 0 Å². The quantitative estimate of drug-likeness (QED) is 0.183. The summed E-state index contributed by atoms with van der Waals surface area (Å²) in [5.41, 5.74) is 11.0. The van der Waals surface area contributed by atoms with Crippen molar-refractivity contribution in [2.75, 3.05) is 4.90 Å². The number of rotatable bonds is 7. The molecule has 0 aliphatic carbocycles. The van der Waals surface area contributed by atoms with Gasteiger partial charge in [-0.3, -0.25) is 0 Å². The van der Waals surface area contributed by atoms with Crippen molar-refractivity contribution in [2.24, 2.45) is 0 Å². The molecule has 0 heterocycles. The zero-order valence-electron chi connectivity index (χ0n) is 28.5. The van der Waals surface area contributed by atoms with Crippen molar-refractivity contribution in [2.45, 2.75) is 0 Å². The zero-order valence-corrected chi connectivity index (χ0v) is 28.5. The number of hydrogen-bond donors (Lipinski definition) is 1. The van der Waals surface area contributed by atoms with Crippen LogP contribution in [0.3, 0.4) is 0 Å². The molecule has 0 aliphatic rings. The highest BCUT2D eigenvalue weighted by atomic mass is 16.3. The second kappa shape index (κ2) is 13.4. The SMILES string of the molecule is Oc1c(N(c2ccc(-c3ccccc3)cc2)c2ccc3ccccc3c2)ccc(-c2ccc(-c3ccccc3)cc2)c1-c1ccc2ccccc2c1. The number of phenols is 1. The van der Waals surface area contributed by atoms with Gasteiger partial charge < -0.3 is 10.0 Å². The van der Waals surface area contributed by atoms with Gasteiger partial charge in [-0.1, -0.05) is 170 Å². The van der Waals surface area contributed by atoms with Gasteiger partial charge in [-0.05, 0) is 96.9 Å². The summed E-state index contributed by atoms with van der Waals surface area (Å²) >= 11 is 0. The van der Waals surface area contributed by atoms with Crippen LogP contribution in [0.15, 0.2) is 206 Å². The normalized spacial score (nSPS) is 11.2. The predicted molar refractivity (Wildman–Crippen MR) is 220 cm³/mol. The molecular weight excluding hydrogens is 631 g/mol. The van der Waals surface area contributed by atoms with Crippen LogP contribution in [-0.4, -0.2) is 5.11 Å². The van der Waals surface area contributed by atoms with E-state index in [9.17, 15) is 5.11 Å². The van der Waals surface area contributed by atoms with Gasteiger partial charge in [0, 0.05) is 16.9 Å². The van der Waals surface area contributed by atoms with Crippen LogP contribution in [0.1, 0.15) is 0 Å². The smallest absolute Gasteiger partial charge is 0.148 e. The molecule has 2 heteroatoms. The Balaban J connectivity index is 1.24.